The molecule has 0 aliphatic carbocycles. The topological polar surface area (TPSA) is 50.4 Å². The number of carbonyl (C=O) groups is 1. The fourth-order valence-electron chi connectivity index (χ4n) is 2.04. The summed E-state index contributed by atoms with van der Waals surface area (Å²) in [5, 5.41) is 6.15. The van der Waals surface area contributed by atoms with Crippen molar-refractivity contribution in [3.05, 3.63) is 0 Å². The van der Waals surface area contributed by atoms with Crippen molar-refractivity contribution in [3.63, 3.8) is 0 Å². The molecule has 0 saturated carbocycles. The van der Waals surface area contributed by atoms with Gasteiger partial charge in [-0.2, -0.15) is 0 Å². The van der Waals surface area contributed by atoms with Gasteiger partial charge in [-0.3, -0.25) is 4.79 Å². The maximum absolute atomic E-state index is 11.6. The molecule has 2 heterocycles. The van der Waals surface area contributed by atoms with Gasteiger partial charge in [-0.05, 0) is 25.8 Å². The summed E-state index contributed by atoms with van der Waals surface area (Å²) in [4.78, 5) is 11.6. The number of nitrogens with one attached hydrogen (secondary N) is 2. The first-order valence-electron chi connectivity index (χ1n) is 5.46. The second-order valence-electron chi connectivity index (χ2n) is 4.07. The van der Waals surface area contributed by atoms with Crippen molar-refractivity contribution < 1.29 is 9.53 Å². The fraction of sp³-hybridized carbons (Fsp3) is 0.900. The van der Waals surface area contributed by atoms with Crippen LogP contribution in [-0.2, 0) is 9.53 Å². The molecule has 0 aromatic rings. The molecule has 2 saturated heterocycles. The van der Waals surface area contributed by atoms with Crippen LogP contribution in [0.25, 0.3) is 0 Å². The van der Waals surface area contributed by atoms with E-state index in [-0.39, 0.29) is 17.9 Å². The lowest BCUT2D eigenvalue weighted by molar-refractivity contribution is -0.124. The van der Waals surface area contributed by atoms with Crippen molar-refractivity contribution >= 4 is 5.91 Å². The van der Waals surface area contributed by atoms with Crippen molar-refractivity contribution in [2.75, 3.05) is 26.2 Å². The van der Waals surface area contributed by atoms with Crippen LogP contribution in [0.4, 0.5) is 0 Å². The Balaban J connectivity index is 1.66. The highest BCUT2D eigenvalue weighted by atomic mass is 16.5. The summed E-state index contributed by atoms with van der Waals surface area (Å²) in [7, 11) is 0. The summed E-state index contributed by atoms with van der Waals surface area (Å²) < 4.78 is 5.44. The Bertz CT molecular complexity index is 196. The minimum absolute atomic E-state index is 0.177. The van der Waals surface area contributed by atoms with Gasteiger partial charge in [0.1, 0.15) is 0 Å². The van der Waals surface area contributed by atoms with Gasteiger partial charge in [0, 0.05) is 19.7 Å². The summed E-state index contributed by atoms with van der Waals surface area (Å²) in [5.74, 6) is 0.363. The van der Waals surface area contributed by atoms with Crippen molar-refractivity contribution in [2.24, 2.45) is 5.92 Å². The molecular weight excluding hydrogens is 180 g/mol. The highest BCUT2D eigenvalue weighted by Crippen LogP contribution is 2.11. The number of rotatable bonds is 3. The zero-order chi connectivity index (χ0) is 9.80. The third-order valence-electron chi connectivity index (χ3n) is 2.96. The predicted molar refractivity (Wildman–Crippen MR) is 53.0 cm³/mol. The van der Waals surface area contributed by atoms with Crippen LogP contribution in [-0.4, -0.2) is 38.3 Å². The molecule has 0 radical (unpaired) electrons. The van der Waals surface area contributed by atoms with E-state index in [1.54, 1.807) is 0 Å². The molecule has 2 fully saturated rings. The Kier molecular flexibility index (Phi) is 3.37. The fourth-order valence-corrected chi connectivity index (χ4v) is 2.04. The maximum Gasteiger partial charge on any atom is 0.224 e. The van der Waals surface area contributed by atoms with E-state index < -0.39 is 0 Å². The molecule has 0 aromatic heterocycles. The van der Waals surface area contributed by atoms with Gasteiger partial charge in [0.05, 0.1) is 12.0 Å². The monoisotopic (exact) mass is 198 g/mol. The number of ether oxygens (including phenoxy) is 1. The first kappa shape index (κ1) is 9.93. The molecule has 80 valence electrons. The third-order valence-corrected chi connectivity index (χ3v) is 2.96. The molecule has 4 heteroatoms. The van der Waals surface area contributed by atoms with E-state index in [4.69, 9.17) is 4.74 Å². The molecule has 4 nitrogen and oxygen atoms in total. The van der Waals surface area contributed by atoms with E-state index in [1.807, 2.05) is 0 Å². The lowest BCUT2D eigenvalue weighted by Crippen LogP contribution is -2.36. The van der Waals surface area contributed by atoms with Gasteiger partial charge in [0.15, 0.2) is 0 Å². The van der Waals surface area contributed by atoms with Crippen LogP contribution in [0, 0.1) is 5.92 Å². The lowest BCUT2D eigenvalue weighted by atomic mass is 10.1. The number of hydrogen-bond donors (Lipinski definition) is 2. The minimum atomic E-state index is 0.177. The zero-order valence-corrected chi connectivity index (χ0v) is 8.42. The highest BCUT2D eigenvalue weighted by Gasteiger charge is 2.23. The maximum atomic E-state index is 11.6. The summed E-state index contributed by atoms with van der Waals surface area (Å²) in [6.45, 7) is 3.34. The van der Waals surface area contributed by atoms with E-state index in [9.17, 15) is 4.79 Å². The molecule has 0 bridgehead atoms. The van der Waals surface area contributed by atoms with E-state index in [0.29, 0.717) is 6.54 Å². The molecule has 2 rings (SSSR count). The van der Waals surface area contributed by atoms with Crippen molar-refractivity contribution in [3.8, 4) is 0 Å². The Hall–Kier alpha value is -0.610. The van der Waals surface area contributed by atoms with Gasteiger partial charge < -0.3 is 15.4 Å². The second-order valence-corrected chi connectivity index (χ2v) is 4.07. The van der Waals surface area contributed by atoms with E-state index >= 15 is 0 Å². The largest absolute Gasteiger partial charge is 0.376 e. The van der Waals surface area contributed by atoms with Gasteiger partial charge in [-0.1, -0.05) is 0 Å². The van der Waals surface area contributed by atoms with Crippen LogP contribution in [0.2, 0.25) is 0 Å². The van der Waals surface area contributed by atoms with E-state index in [1.165, 1.54) is 0 Å². The molecule has 0 aromatic carbocycles. The summed E-state index contributed by atoms with van der Waals surface area (Å²) in [5.41, 5.74) is 0. The smallest absolute Gasteiger partial charge is 0.224 e. The standard InChI is InChI=1S/C10H18N2O2/c13-10(8-3-4-11-6-8)12-7-9-2-1-5-14-9/h8-9,11H,1-7H2,(H,12,13)/t8-,9-/m0/s1. The molecule has 2 aliphatic heterocycles. The molecule has 14 heavy (non-hydrogen) atoms. The van der Waals surface area contributed by atoms with Gasteiger partial charge in [0.25, 0.3) is 0 Å². The number of hydrogen-bond acceptors (Lipinski definition) is 3. The summed E-state index contributed by atoms with van der Waals surface area (Å²) >= 11 is 0. The molecule has 1 amide bonds. The minimum Gasteiger partial charge on any atom is -0.376 e. The zero-order valence-electron chi connectivity index (χ0n) is 8.42. The lowest BCUT2D eigenvalue weighted by Gasteiger charge is -2.13. The van der Waals surface area contributed by atoms with Crippen LogP contribution < -0.4 is 10.6 Å². The average Bonchev–Trinajstić information content (AvgIpc) is 2.87. The van der Waals surface area contributed by atoms with Crippen LogP contribution in [0.1, 0.15) is 19.3 Å². The molecular formula is C10H18N2O2. The van der Waals surface area contributed by atoms with Crippen LogP contribution >= 0.6 is 0 Å². The van der Waals surface area contributed by atoms with Crippen molar-refractivity contribution in [1.29, 1.82) is 0 Å². The Morgan fingerprint density at radius 2 is 2.43 bits per heavy atom. The first-order valence-corrected chi connectivity index (χ1v) is 5.46. The summed E-state index contributed by atoms with van der Waals surface area (Å²) in [6.07, 6.45) is 3.44. The Morgan fingerprint density at radius 3 is 3.07 bits per heavy atom. The quantitative estimate of drug-likeness (QED) is 0.665. The van der Waals surface area contributed by atoms with Crippen molar-refractivity contribution in [1.82, 2.24) is 10.6 Å². The molecule has 2 atom stereocenters. The summed E-state index contributed by atoms with van der Waals surface area (Å²) in [6, 6.07) is 0. The second kappa shape index (κ2) is 4.75. The van der Waals surface area contributed by atoms with Gasteiger partial charge in [0.2, 0.25) is 5.91 Å². The highest BCUT2D eigenvalue weighted by molar-refractivity contribution is 5.79. The van der Waals surface area contributed by atoms with E-state index in [0.717, 1.165) is 39.0 Å². The van der Waals surface area contributed by atoms with Crippen LogP contribution in [0.3, 0.4) is 0 Å². The third kappa shape index (κ3) is 2.45. The number of amides is 1. The SMILES string of the molecule is O=C(NC[C@@H]1CCCO1)[C@H]1CCNC1. The van der Waals surface area contributed by atoms with Gasteiger partial charge >= 0.3 is 0 Å². The number of carbonyl (C=O) groups excluding carboxylic acids is 1. The first-order chi connectivity index (χ1) is 6.86. The Morgan fingerprint density at radius 1 is 1.50 bits per heavy atom. The normalized spacial score (nSPS) is 32.0. The molecule has 0 spiro atoms. The molecule has 2 aliphatic rings. The van der Waals surface area contributed by atoms with E-state index in [2.05, 4.69) is 10.6 Å². The van der Waals surface area contributed by atoms with Crippen molar-refractivity contribution in [2.45, 2.75) is 25.4 Å². The van der Waals surface area contributed by atoms with Gasteiger partial charge in [-0.15, -0.1) is 0 Å². The predicted octanol–water partition coefficient (Wildman–Crippen LogP) is -0.109. The molecule has 0 unspecified atom stereocenters. The molecule has 2 N–H and O–H groups in total. The van der Waals surface area contributed by atoms with Gasteiger partial charge in [-0.25, -0.2) is 0 Å². The Labute approximate surface area is 84.4 Å². The van der Waals surface area contributed by atoms with Crippen LogP contribution in [0.5, 0.6) is 0 Å². The average molecular weight is 198 g/mol. The van der Waals surface area contributed by atoms with Crippen LogP contribution in [0.15, 0.2) is 0 Å².